The summed E-state index contributed by atoms with van der Waals surface area (Å²) in [6.45, 7) is 3.06. The second-order valence-electron chi connectivity index (χ2n) is 2.92. The van der Waals surface area contributed by atoms with Crippen molar-refractivity contribution in [1.29, 1.82) is 0 Å². The van der Waals surface area contributed by atoms with Crippen LogP contribution in [0.5, 0.6) is 0 Å². The molecule has 1 aliphatic rings. The van der Waals surface area contributed by atoms with Crippen LogP contribution in [0.25, 0.3) is 0 Å². The molecule has 1 saturated heterocycles. The molecule has 1 heterocycles. The van der Waals surface area contributed by atoms with Crippen molar-refractivity contribution in [1.82, 2.24) is 5.32 Å². The lowest BCUT2D eigenvalue weighted by Gasteiger charge is -2.08. The molecule has 0 amide bonds. The lowest BCUT2D eigenvalue weighted by molar-refractivity contribution is 0.533. The predicted octanol–water partition coefficient (Wildman–Crippen LogP) is 0.476. The van der Waals surface area contributed by atoms with Gasteiger partial charge in [-0.3, -0.25) is 0 Å². The van der Waals surface area contributed by atoms with Crippen molar-refractivity contribution in [3.05, 3.63) is 0 Å². The zero-order valence-electron chi connectivity index (χ0n) is 6.06. The monoisotopic (exact) mass is 128 g/mol. The number of hydrogen-bond acceptors (Lipinski definition) is 2. The average molecular weight is 128 g/mol. The maximum absolute atomic E-state index is 5.41. The molecule has 0 aromatic carbocycles. The largest absolute Gasteiger partial charge is 0.330 e. The summed E-state index contributed by atoms with van der Waals surface area (Å²) in [5, 5.41) is 3.47. The van der Waals surface area contributed by atoms with Gasteiger partial charge in [0, 0.05) is 12.1 Å². The van der Waals surface area contributed by atoms with E-state index in [-0.39, 0.29) is 0 Å². The van der Waals surface area contributed by atoms with E-state index in [9.17, 15) is 0 Å². The minimum Gasteiger partial charge on any atom is -0.330 e. The number of rotatable bonds is 2. The Balaban J connectivity index is 2.14. The van der Waals surface area contributed by atoms with Crippen LogP contribution in [0.3, 0.4) is 0 Å². The molecule has 1 rings (SSSR count). The standard InChI is InChI=1S/C7H16N2/c1-6-2-3-7(9-6)4-5-8/h6-7,9H,2-5,8H2,1H3. The Labute approximate surface area is 56.8 Å². The van der Waals surface area contributed by atoms with Crippen LogP contribution in [-0.2, 0) is 0 Å². The van der Waals surface area contributed by atoms with E-state index in [0.29, 0.717) is 6.04 Å². The third-order valence-corrected chi connectivity index (χ3v) is 1.98. The van der Waals surface area contributed by atoms with E-state index < -0.39 is 0 Å². The lowest BCUT2D eigenvalue weighted by Crippen LogP contribution is -2.28. The van der Waals surface area contributed by atoms with E-state index in [2.05, 4.69) is 12.2 Å². The van der Waals surface area contributed by atoms with Crippen molar-refractivity contribution in [2.75, 3.05) is 6.54 Å². The van der Waals surface area contributed by atoms with Gasteiger partial charge in [0.1, 0.15) is 0 Å². The van der Waals surface area contributed by atoms with E-state index >= 15 is 0 Å². The summed E-state index contributed by atoms with van der Waals surface area (Å²) < 4.78 is 0. The predicted molar refractivity (Wildman–Crippen MR) is 39.3 cm³/mol. The topological polar surface area (TPSA) is 38.0 Å². The van der Waals surface area contributed by atoms with Crippen LogP contribution in [0.4, 0.5) is 0 Å². The molecular weight excluding hydrogens is 112 g/mol. The van der Waals surface area contributed by atoms with E-state index in [1.807, 2.05) is 0 Å². The van der Waals surface area contributed by atoms with Gasteiger partial charge in [-0.1, -0.05) is 0 Å². The summed E-state index contributed by atoms with van der Waals surface area (Å²) in [5.74, 6) is 0. The zero-order valence-corrected chi connectivity index (χ0v) is 6.06. The molecule has 0 radical (unpaired) electrons. The van der Waals surface area contributed by atoms with Gasteiger partial charge in [0.05, 0.1) is 0 Å². The average Bonchev–Trinajstić information content (AvgIpc) is 2.17. The molecule has 1 aliphatic heterocycles. The molecule has 0 saturated carbocycles. The van der Waals surface area contributed by atoms with Crippen LogP contribution in [0, 0.1) is 0 Å². The number of nitrogens with two attached hydrogens (primary N) is 1. The Morgan fingerprint density at radius 2 is 2.33 bits per heavy atom. The minimum absolute atomic E-state index is 0.713. The molecule has 2 heteroatoms. The Morgan fingerprint density at radius 1 is 1.56 bits per heavy atom. The second-order valence-corrected chi connectivity index (χ2v) is 2.92. The van der Waals surface area contributed by atoms with E-state index in [1.165, 1.54) is 12.8 Å². The molecule has 0 aromatic heterocycles. The van der Waals surface area contributed by atoms with Crippen molar-refractivity contribution in [2.24, 2.45) is 5.73 Å². The maximum atomic E-state index is 5.41. The van der Waals surface area contributed by atoms with Gasteiger partial charge in [-0.15, -0.1) is 0 Å². The summed E-state index contributed by atoms with van der Waals surface area (Å²) in [7, 11) is 0. The van der Waals surface area contributed by atoms with Crippen molar-refractivity contribution in [3.63, 3.8) is 0 Å². The fraction of sp³-hybridized carbons (Fsp3) is 1.00. The summed E-state index contributed by atoms with van der Waals surface area (Å²) in [4.78, 5) is 0. The second kappa shape index (κ2) is 3.18. The van der Waals surface area contributed by atoms with Gasteiger partial charge >= 0.3 is 0 Å². The molecule has 9 heavy (non-hydrogen) atoms. The Bertz CT molecular complexity index is 81.0. The Hall–Kier alpha value is -0.0800. The maximum Gasteiger partial charge on any atom is 0.00821 e. The highest BCUT2D eigenvalue weighted by molar-refractivity contribution is 4.80. The van der Waals surface area contributed by atoms with Crippen LogP contribution < -0.4 is 11.1 Å². The first-order valence-corrected chi connectivity index (χ1v) is 3.79. The van der Waals surface area contributed by atoms with Crippen LogP contribution in [-0.4, -0.2) is 18.6 Å². The van der Waals surface area contributed by atoms with Crippen molar-refractivity contribution in [2.45, 2.75) is 38.3 Å². The first-order valence-electron chi connectivity index (χ1n) is 3.79. The van der Waals surface area contributed by atoms with Gasteiger partial charge in [0.15, 0.2) is 0 Å². The third kappa shape index (κ3) is 1.95. The molecular formula is C7H16N2. The first kappa shape index (κ1) is 7.03. The van der Waals surface area contributed by atoms with E-state index in [4.69, 9.17) is 5.73 Å². The van der Waals surface area contributed by atoms with Crippen LogP contribution in [0.2, 0.25) is 0 Å². The molecule has 2 nitrogen and oxygen atoms in total. The highest BCUT2D eigenvalue weighted by atomic mass is 15.0. The molecule has 3 N–H and O–H groups in total. The fourth-order valence-electron chi connectivity index (χ4n) is 1.45. The van der Waals surface area contributed by atoms with Gasteiger partial charge < -0.3 is 11.1 Å². The molecule has 0 spiro atoms. The summed E-state index contributed by atoms with van der Waals surface area (Å²) in [6.07, 6.45) is 3.79. The summed E-state index contributed by atoms with van der Waals surface area (Å²) in [6, 6.07) is 1.44. The van der Waals surface area contributed by atoms with Gasteiger partial charge in [0.25, 0.3) is 0 Å². The molecule has 0 aliphatic carbocycles. The number of nitrogens with one attached hydrogen (secondary N) is 1. The van der Waals surface area contributed by atoms with Crippen LogP contribution in [0.15, 0.2) is 0 Å². The van der Waals surface area contributed by atoms with Gasteiger partial charge in [-0.2, -0.15) is 0 Å². The van der Waals surface area contributed by atoms with E-state index in [0.717, 1.165) is 19.0 Å². The smallest absolute Gasteiger partial charge is 0.00821 e. The summed E-state index contributed by atoms with van der Waals surface area (Å²) in [5.41, 5.74) is 5.41. The summed E-state index contributed by atoms with van der Waals surface area (Å²) >= 11 is 0. The third-order valence-electron chi connectivity index (χ3n) is 1.98. The quantitative estimate of drug-likeness (QED) is 0.567. The van der Waals surface area contributed by atoms with Gasteiger partial charge in [-0.25, -0.2) is 0 Å². The normalized spacial score (nSPS) is 35.3. The molecule has 2 atom stereocenters. The Morgan fingerprint density at radius 3 is 2.78 bits per heavy atom. The minimum atomic E-state index is 0.713. The van der Waals surface area contributed by atoms with E-state index in [1.54, 1.807) is 0 Å². The van der Waals surface area contributed by atoms with Crippen molar-refractivity contribution in [3.8, 4) is 0 Å². The van der Waals surface area contributed by atoms with Gasteiger partial charge in [-0.05, 0) is 32.7 Å². The van der Waals surface area contributed by atoms with Gasteiger partial charge in [0.2, 0.25) is 0 Å². The molecule has 0 aromatic rings. The zero-order chi connectivity index (χ0) is 6.69. The molecule has 0 bridgehead atoms. The first-order chi connectivity index (χ1) is 4.33. The lowest BCUT2D eigenvalue weighted by atomic mass is 10.1. The molecule has 54 valence electrons. The Kier molecular flexibility index (Phi) is 2.49. The van der Waals surface area contributed by atoms with Crippen molar-refractivity contribution < 1.29 is 0 Å². The highest BCUT2D eigenvalue weighted by Gasteiger charge is 2.18. The number of hydrogen-bond donors (Lipinski definition) is 2. The SMILES string of the molecule is CC1CCC(CCN)N1. The van der Waals surface area contributed by atoms with Crippen LogP contribution >= 0.6 is 0 Å². The molecule has 2 unspecified atom stereocenters. The van der Waals surface area contributed by atoms with Crippen LogP contribution in [0.1, 0.15) is 26.2 Å². The highest BCUT2D eigenvalue weighted by Crippen LogP contribution is 2.13. The fourth-order valence-corrected chi connectivity index (χ4v) is 1.45. The molecule has 1 fully saturated rings. The van der Waals surface area contributed by atoms with Crippen molar-refractivity contribution >= 4 is 0 Å².